The summed E-state index contributed by atoms with van der Waals surface area (Å²) in [6, 6.07) is 10.6. The Bertz CT molecular complexity index is 397. The Kier molecular flexibility index (Phi) is 2.75. The van der Waals surface area contributed by atoms with Gasteiger partial charge in [0.15, 0.2) is 0 Å². The van der Waals surface area contributed by atoms with Gasteiger partial charge in [-0.3, -0.25) is 4.90 Å². The lowest BCUT2D eigenvalue weighted by Gasteiger charge is -2.15. The summed E-state index contributed by atoms with van der Waals surface area (Å²) >= 11 is 0. The summed E-state index contributed by atoms with van der Waals surface area (Å²) in [5.74, 6) is 0.615. The number of likely N-dealkylation sites (tertiary alicyclic amines) is 1. The number of rotatable bonds is 4. The highest BCUT2D eigenvalue weighted by atomic mass is 16.1. The van der Waals surface area contributed by atoms with Crippen molar-refractivity contribution < 1.29 is 4.79 Å². The standard InChI is InChI=1S/C15H19NO/c17-9-6-14-11-16(12-15(14)7-8-15)10-13-4-2-1-3-5-13/h1-5,9,14H,6-8,10-12H2. The van der Waals surface area contributed by atoms with Crippen molar-refractivity contribution in [1.29, 1.82) is 0 Å². The average Bonchev–Trinajstić information content (AvgIpc) is 3.02. The predicted octanol–water partition coefficient (Wildman–Crippen LogP) is 2.49. The summed E-state index contributed by atoms with van der Waals surface area (Å²) in [7, 11) is 0. The largest absolute Gasteiger partial charge is 0.303 e. The van der Waals surface area contributed by atoms with E-state index in [-0.39, 0.29) is 0 Å². The molecule has 90 valence electrons. The van der Waals surface area contributed by atoms with Gasteiger partial charge < -0.3 is 4.79 Å². The highest BCUT2D eigenvalue weighted by Crippen LogP contribution is 2.57. The lowest BCUT2D eigenvalue weighted by atomic mass is 9.91. The van der Waals surface area contributed by atoms with E-state index in [1.165, 1.54) is 24.9 Å². The van der Waals surface area contributed by atoms with E-state index in [4.69, 9.17) is 0 Å². The van der Waals surface area contributed by atoms with Crippen molar-refractivity contribution >= 4 is 6.29 Å². The monoisotopic (exact) mass is 229 g/mol. The third kappa shape index (κ3) is 2.14. The molecule has 1 atom stereocenters. The topological polar surface area (TPSA) is 20.3 Å². The summed E-state index contributed by atoms with van der Waals surface area (Å²) < 4.78 is 0. The van der Waals surface area contributed by atoms with E-state index in [2.05, 4.69) is 35.2 Å². The van der Waals surface area contributed by atoms with Crippen molar-refractivity contribution in [3.8, 4) is 0 Å². The van der Waals surface area contributed by atoms with Crippen LogP contribution in [0.25, 0.3) is 0 Å². The SMILES string of the molecule is O=CCC1CN(Cc2ccccc2)CC12CC2. The predicted molar refractivity (Wildman–Crippen MR) is 67.6 cm³/mol. The van der Waals surface area contributed by atoms with Crippen LogP contribution in [0.15, 0.2) is 30.3 Å². The van der Waals surface area contributed by atoms with Crippen LogP contribution in [0, 0.1) is 11.3 Å². The lowest BCUT2D eigenvalue weighted by Crippen LogP contribution is -2.20. The number of carbonyl (C=O) groups excluding carboxylic acids is 1. The van der Waals surface area contributed by atoms with E-state index >= 15 is 0 Å². The fourth-order valence-electron chi connectivity index (χ4n) is 3.27. The van der Waals surface area contributed by atoms with E-state index in [0.717, 1.165) is 25.8 Å². The fraction of sp³-hybridized carbons (Fsp3) is 0.533. The Labute approximate surface area is 103 Å². The molecule has 2 aliphatic rings. The van der Waals surface area contributed by atoms with Crippen molar-refractivity contribution in [3.05, 3.63) is 35.9 Å². The second-order valence-electron chi connectivity index (χ2n) is 5.62. The van der Waals surface area contributed by atoms with Crippen molar-refractivity contribution in [3.63, 3.8) is 0 Å². The van der Waals surface area contributed by atoms with Gasteiger partial charge in [-0.2, -0.15) is 0 Å². The van der Waals surface area contributed by atoms with Gasteiger partial charge in [-0.1, -0.05) is 30.3 Å². The molecule has 1 aliphatic carbocycles. The highest BCUT2D eigenvalue weighted by molar-refractivity contribution is 5.50. The first-order chi connectivity index (χ1) is 8.32. The molecule has 0 aromatic heterocycles. The van der Waals surface area contributed by atoms with Crippen LogP contribution in [0.5, 0.6) is 0 Å². The minimum atomic E-state index is 0.510. The van der Waals surface area contributed by atoms with Gasteiger partial charge in [0.25, 0.3) is 0 Å². The van der Waals surface area contributed by atoms with Gasteiger partial charge in [0, 0.05) is 26.1 Å². The smallest absolute Gasteiger partial charge is 0.120 e. The van der Waals surface area contributed by atoms with Crippen molar-refractivity contribution in [2.24, 2.45) is 11.3 Å². The summed E-state index contributed by atoms with van der Waals surface area (Å²) in [5.41, 5.74) is 1.89. The number of nitrogens with zero attached hydrogens (tertiary/aromatic N) is 1. The first-order valence-corrected chi connectivity index (χ1v) is 6.52. The molecule has 2 nitrogen and oxygen atoms in total. The van der Waals surface area contributed by atoms with Crippen LogP contribution in [0.1, 0.15) is 24.8 Å². The molecule has 0 bridgehead atoms. The Balaban J connectivity index is 1.65. The molecule has 17 heavy (non-hydrogen) atoms. The summed E-state index contributed by atoms with van der Waals surface area (Å²) in [6.45, 7) is 3.34. The maximum absolute atomic E-state index is 10.7. The van der Waals surface area contributed by atoms with Crippen LogP contribution in [0.4, 0.5) is 0 Å². The molecule has 0 radical (unpaired) electrons. The van der Waals surface area contributed by atoms with Crippen LogP contribution in [-0.2, 0) is 11.3 Å². The minimum absolute atomic E-state index is 0.510. The van der Waals surface area contributed by atoms with Crippen LogP contribution in [0.3, 0.4) is 0 Å². The summed E-state index contributed by atoms with van der Waals surface area (Å²) in [6.07, 6.45) is 4.52. The zero-order chi connectivity index (χ0) is 11.7. The Morgan fingerprint density at radius 2 is 2.06 bits per heavy atom. The minimum Gasteiger partial charge on any atom is -0.303 e. The number of aldehydes is 1. The fourth-order valence-corrected chi connectivity index (χ4v) is 3.27. The van der Waals surface area contributed by atoms with E-state index in [1.54, 1.807) is 0 Å². The molecule has 1 unspecified atom stereocenters. The first-order valence-electron chi connectivity index (χ1n) is 6.52. The second-order valence-corrected chi connectivity index (χ2v) is 5.62. The quantitative estimate of drug-likeness (QED) is 0.739. The first kappa shape index (κ1) is 11.0. The van der Waals surface area contributed by atoms with Crippen molar-refractivity contribution in [2.45, 2.75) is 25.8 Å². The molecule has 1 aromatic rings. The molecular weight excluding hydrogens is 210 g/mol. The molecule has 0 N–H and O–H groups in total. The maximum Gasteiger partial charge on any atom is 0.120 e. The van der Waals surface area contributed by atoms with E-state index in [9.17, 15) is 4.79 Å². The van der Waals surface area contributed by atoms with E-state index in [1.807, 2.05) is 0 Å². The zero-order valence-electron chi connectivity index (χ0n) is 10.1. The Morgan fingerprint density at radius 3 is 2.71 bits per heavy atom. The van der Waals surface area contributed by atoms with Crippen LogP contribution in [-0.4, -0.2) is 24.3 Å². The molecule has 1 saturated carbocycles. The molecule has 1 aromatic carbocycles. The number of benzene rings is 1. The highest BCUT2D eigenvalue weighted by Gasteiger charge is 2.54. The third-order valence-electron chi connectivity index (χ3n) is 4.41. The van der Waals surface area contributed by atoms with E-state index < -0.39 is 0 Å². The van der Waals surface area contributed by atoms with Gasteiger partial charge in [0.05, 0.1) is 0 Å². The summed E-state index contributed by atoms with van der Waals surface area (Å²) in [4.78, 5) is 13.2. The molecule has 1 spiro atoms. The van der Waals surface area contributed by atoms with Gasteiger partial charge in [0.1, 0.15) is 6.29 Å². The maximum atomic E-state index is 10.7. The van der Waals surface area contributed by atoms with Crippen molar-refractivity contribution in [1.82, 2.24) is 4.90 Å². The molecule has 1 aliphatic heterocycles. The molecule has 1 heterocycles. The second kappa shape index (κ2) is 4.26. The van der Waals surface area contributed by atoms with Crippen LogP contribution < -0.4 is 0 Å². The normalized spacial score (nSPS) is 26.2. The number of carbonyl (C=O) groups is 1. The molecule has 2 heteroatoms. The Morgan fingerprint density at radius 1 is 1.29 bits per heavy atom. The van der Waals surface area contributed by atoms with Crippen LogP contribution >= 0.6 is 0 Å². The third-order valence-corrected chi connectivity index (χ3v) is 4.41. The molecule has 0 amide bonds. The van der Waals surface area contributed by atoms with Gasteiger partial charge in [-0.15, -0.1) is 0 Å². The molecule has 2 fully saturated rings. The Hall–Kier alpha value is -1.15. The van der Waals surface area contributed by atoms with Gasteiger partial charge in [0.2, 0.25) is 0 Å². The van der Waals surface area contributed by atoms with Gasteiger partial charge >= 0.3 is 0 Å². The molecule has 3 rings (SSSR count). The van der Waals surface area contributed by atoms with Crippen molar-refractivity contribution in [2.75, 3.05) is 13.1 Å². The van der Waals surface area contributed by atoms with E-state index in [0.29, 0.717) is 11.3 Å². The zero-order valence-corrected chi connectivity index (χ0v) is 10.1. The lowest BCUT2D eigenvalue weighted by molar-refractivity contribution is -0.108. The number of hydrogen-bond donors (Lipinski definition) is 0. The summed E-state index contributed by atoms with van der Waals surface area (Å²) in [5, 5.41) is 0. The van der Waals surface area contributed by atoms with Gasteiger partial charge in [-0.05, 0) is 29.7 Å². The number of hydrogen-bond acceptors (Lipinski definition) is 2. The average molecular weight is 229 g/mol. The van der Waals surface area contributed by atoms with Crippen LogP contribution in [0.2, 0.25) is 0 Å². The van der Waals surface area contributed by atoms with Gasteiger partial charge in [-0.25, -0.2) is 0 Å². The molecular formula is C15H19NO. The molecule has 1 saturated heterocycles.